The van der Waals surface area contributed by atoms with E-state index in [0.717, 1.165) is 89.9 Å². The highest BCUT2D eigenvalue weighted by atomic mass is 31.2. The molecule has 610 valence electrons. The molecule has 0 heterocycles. The molecule has 17 nitrogen and oxygen atoms in total. The summed E-state index contributed by atoms with van der Waals surface area (Å²) in [5, 5.41) is 10.7. The number of phosphoric ester groups is 2. The van der Waals surface area contributed by atoms with Gasteiger partial charge in [-0.2, -0.15) is 0 Å². The molecule has 0 aliphatic carbocycles. The summed E-state index contributed by atoms with van der Waals surface area (Å²) >= 11 is 0. The molecule has 3 N–H and O–H groups in total. The van der Waals surface area contributed by atoms with Crippen LogP contribution in [0.1, 0.15) is 413 Å². The number of allylic oxidation sites excluding steroid dienone is 8. The topological polar surface area (TPSA) is 237 Å². The summed E-state index contributed by atoms with van der Waals surface area (Å²) in [5.74, 6) is -2.19. The van der Waals surface area contributed by atoms with Crippen molar-refractivity contribution in [3.05, 3.63) is 48.6 Å². The third kappa shape index (κ3) is 77.2. The van der Waals surface area contributed by atoms with E-state index in [1.54, 1.807) is 0 Å². The van der Waals surface area contributed by atoms with Crippen LogP contribution in [0.25, 0.3) is 0 Å². The van der Waals surface area contributed by atoms with Gasteiger partial charge in [-0.1, -0.05) is 372 Å². The zero-order valence-corrected chi connectivity index (χ0v) is 68.8. The van der Waals surface area contributed by atoms with Crippen LogP contribution in [0, 0.1) is 0 Å². The minimum Gasteiger partial charge on any atom is -0.462 e. The summed E-state index contributed by atoms with van der Waals surface area (Å²) in [6.07, 6.45) is 78.0. The Balaban J connectivity index is 5.35. The van der Waals surface area contributed by atoms with Crippen LogP contribution < -0.4 is 0 Å². The van der Waals surface area contributed by atoms with Crippen LogP contribution in [0.5, 0.6) is 0 Å². The summed E-state index contributed by atoms with van der Waals surface area (Å²) in [5.41, 5.74) is 0. The van der Waals surface area contributed by atoms with Gasteiger partial charge in [0.15, 0.2) is 12.2 Å². The van der Waals surface area contributed by atoms with Gasteiger partial charge in [0.25, 0.3) is 0 Å². The summed E-state index contributed by atoms with van der Waals surface area (Å²) in [4.78, 5) is 73.1. The van der Waals surface area contributed by atoms with Gasteiger partial charge in [-0.15, -0.1) is 0 Å². The largest absolute Gasteiger partial charge is 0.472 e. The Morgan fingerprint density at radius 1 is 0.269 bits per heavy atom. The number of carbonyl (C=O) groups excluding carboxylic acids is 4. The van der Waals surface area contributed by atoms with Crippen LogP contribution in [0.2, 0.25) is 0 Å². The highest BCUT2D eigenvalue weighted by molar-refractivity contribution is 7.47. The zero-order valence-electron chi connectivity index (χ0n) is 67.0. The first-order valence-electron chi connectivity index (χ1n) is 42.9. The number of aliphatic hydroxyl groups excluding tert-OH is 1. The first-order valence-corrected chi connectivity index (χ1v) is 45.9. The van der Waals surface area contributed by atoms with Crippen molar-refractivity contribution in [1.29, 1.82) is 0 Å². The number of hydrogen-bond acceptors (Lipinski definition) is 15. The lowest BCUT2D eigenvalue weighted by Gasteiger charge is -2.21. The lowest BCUT2D eigenvalue weighted by Crippen LogP contribution is -2.30. The van der Waals surface area contributed by atoms with Crippen molar-refractivity contribution < 1.29 is 80.2 Å². The van der Waals surface area contributed by atoms with Crippen LogP contribution >= 0.6 is 15.6 Å². The fourth-order valence-corrected chi connectivity index (χ4v) is 13.9. The molecule has 0 aliphatic heterocycles. The van der Waals surface area contributed by atoms with E-state index in [1.807, 2.05) is 12.2 Å². The molecule has 0 aromatic rings. The Morgan fingerprint density at radius 2 is 0.481 bits per heavy atom. The first-order chi connectivity index (χ1) is 50.7. The molecular formula is C85H158O17P2. The maximum atomic E-state index is 13.1. The van der Waals surface area contributed by atoms with E-state index in [0.29, 0.717) is 32.1 Å². The lowest BCUT2D eigenvalue weighted by molar-refractivity contribution is -0.161. The van der Waals surface area contributed by atoms with Gasteiger partial charge in [0.1, 0.15) is 19.3 Å². The molecule has 0 bridgehead atoms. The molecule has 19 heteroatoms. The van der Waals surface area contributed by atoms with Crippen LogP contribution in [-0.2, 0) is 65.4 Å². The number of aliphatic hydroxyl groups is 1. The highest BCUT2D eigenvalue weighted by Crippen LogP contribution is 2.45. The van der Waals surface area contributed by atoms with E-state index in [9.17, 15) is 43.2 Å². The van der Waals surface area contributed by atoms with E-state index in [2.05, 4.69) is 64.2 Å². The predicted molar refractivity (Wildman–Crippen MR) is 427 cm³/mol. The maximum Gasteiger partial charge on any atom is 0.472 e. The summed E-state index contributed by atoms with van der Waals surface area (Å²) in [7, 11) is -9.96. The van der Waals surface area contributed by atoms with E-state index in [4.69, 9.17) is 37.0 Å². The van der Waals surface area contributed by atoms with Crippen molar-refractivity contribution in [1.82, 2.24) is 0 Å². The normalized spacial score (nSPS) is 14.0. The molecule has 0 rings (SSSR count). The van der Waals surface area contributed by atoms with Crippen LogP contribution in [0.15, 0.2) is 48.6 Å². The van der Waals surface area contributed by atoms with Crippen LogP contribution in [0.4, 0.5) is 0 Å². The number of unbranched alkanes of at least 4 members (excludes halogenated alkanes) is 48. The molecule has 0 fully saturated rings. The summed E-state index contributed by atoms with van der Waals surface area (Å²) < 4.78 is 68.8. The summed E-state index contributed by atoms with van der Waals surface area (Å²) in [6, 6.07) is 0. The molecule has 0 saturated heterocycles. The number of carbonyl (C=O) groups is 4. The molecule has 0 aromatic carbocycles. The number of ether oxygens (including phenoxy) is 4. The second kappa shape index (κ2) is 78.2. The molecular weight excluding hydrogens is 1350 g/mol. The van der Waals surface area contributed by atoms with Crippen LogP contribution in [-0.4, -0.2) is 96.7 Å². The summed E-state index contributed by atoms with van der Waals surface area (Å²) in [6.45, 7) is 4.91. The van der Waals surface area contributed by atoms with Gasteiger partial charge in [-0.3, -0.25) is 37.3 Å². The fourth-order valence-electron chi connectivity index (χ4n) is 12.3. The highest BCUT2D eigenvalue weighted by Gasteiger charge is 2.30. The quantitative estimate of drug-likeness (QED) is 0.0169. The second-order valence-electron chi connectivity index (χ2n) is 29.2. The van der Waals surface area contributed by atoms with E-state index < -0.39 is 97.5 Å². The maximum absolute atomic E-state index is 13.1. The monoisotopic (exact) mass is 1510 g/mol. The lowest BCUT2D eigenvalue weighted by atomic mass is 10.0. The Morgan fingerprint density at radius 3 is 0.760 bits per heavy atom. The van der Waals surface area contributed by atoms with Gasteiger partial charge >= 0.3 is 39.5 Å². The Kier molecular flexibility index (Phi) is 75.9. The second-order valence-corrected chi connectivity index (χ2v) is 32.1. The third-order valence-electron chi connectivity index (χ3n) is 18.8. The van der Waals surface area contributed by atoms with Gasteiger partial charge in [0.2, 0.25) is 0 Å². The number of rotatable bonds is 82. The minimum atomic E-state index is -4.98. The SMILES string of the molecule is CCCCC/C=C\C/C=C\C/C=C\C/C=C\CCCC(=O)O[C@H](COC(=O)CCCCCCCCCCCCCCCCCCC)COP(=O)(O)OC[C@H](O)COP(=O)(O)OC[C@@H](COC(=O)CCCCCCCCCCCCCCC)OC(=O)CCCCCCCCCCCCCCCCCCC. The number of phosphoric acid groups is 2. The Labute approximate surface area is 636 Å². The third-order valence-corrected chi connectivity index (χ3v) is 20.7. The van der Waals surface area contributed by atoms with Crippen molar-refractivity contribution in [3.63, 3.8) is 0 Å². The van der Waals surface area contributed by atoms with E-state index >= 15 is 0 Å². The molecule has 0 saturated carbocycles. The Hall–Kier alpha value is -2.98. The molecule has 2 unspecified atom stereocenters. The Bertz CT molecular complexity index is 2150. The van der Waals surface area contributed by atoms with E-state index in [-0.39, 0.29) is 25.7 Å². The molecule has 5 atom stereocenters. The van der Waals surface area contributed by atoms with Crippen molar-refractivity contribution in [2.24, 2.45) is 0 Å². The van der Waals surface area contributed by atoms with Crippen molar-refractivity contribution in [2.45, 2.75) is 431 Å². The number of esters is 4. The molecule has 0 radical (unpaired) electrons. The smallest absolute Gasteiger partial charge is 0.462 e. The minimum absolute atomic E-state index is 0.0259. The molecule has 0 aromatic heterocycles. The van der Waals surface area contributed by atoms with Gasteiger partial charge in [0, 0.05) is 25.7 Å². The van der Waals surface area contributed by atoms with Gasteiger partial charge in [-0.25, -0.2) is 9.13 Å². The zero-order chi connectivity index (χ0) is 76.0. The van der Waals surface area contributed by atoms with Crippen molar-refractivity contribution in [2.75, 3.05) is 39.6 Å². The van der Waals surface area contributed by atoms with Gasteiger partial charge in [0.05, 0.1) is 26.4 Å². The van der Waals surface area contributed by atoms with E-state index in [1.165, 1.54) is 238 Å². The molecule has 0 aliphatic rings. The molecule has 0 amide bonds. The number of hydrogen-bond donors (Lipinski definition) is 3. The standard InChI is InChI=1S/C85H158O17P2/c1-5-9-13-17-21-25-29-33-36-39-42-46-50-54-58-62-66-70-83(88)96-76-81(102-85(90)72-68-64-60-56-52-48-44-41-38-35-31-27-23-19-15-11-7-3)78-100-104(93,94)98-74-79(86)73-97-103(91,92)99-77-80(75-95-82(87)69-65-61-57-53-49-45-32-28-24-20-16-12-8-4)101-84(89)71-67-63-59-55-51-47-43-40-37-34-30-26-22-18-14-10-6-2/h23,27,35,38,44,48,56,60,79-81,86H,5-22,24-26,28-34,36-37,39-43,45-47,49-55,57-59,61-78H2,1-4H3,(H,91,92)(H,93,94)/b27-23-,38-35-,48-44-,60-56-/t79-,80-,81-/m1/s1. The first kappa shape index (κ1) is 101. The predicted octanol–water partition coefficient (Wildman–Crippen LogP) is 25.2. The van der Waals surface area contributed by atoms with Crippen molar-refractivity contribution in [3.8, 4) is 0 Å². The van der Waals surface area contributed by atoms with Crippen LogP contribution in [0.3, 0.4) is 0 Å². The molecule has 0 spiro atoms. The van der Waals surface area contributed by atoms with Crippen molar-refractivity contribution >= 4 is 39.5 Å². The average Bonchev–Trinajstić information content (AvgIpc) is 0.937. The van der Waals surface area contributed by atoms with Gasteiger partial charge in [-0.05, 0) is 64.2 Å². The fraction of sp³-hybridized carbons (Fsp3) is 0.859. The van der Waals surface area contributed by atoms with Gasteiger partial charge < -0.3 is 33.8 Å². The molecule has 104 heavy (non-hydrogen) atoms. The average molecular weight is 1510 g/mol.